The highest BCUT2D eigenvalue weighted by Gasteiger charge is 2.21. The molecule has 2 aliphatic rings. The second-order valence-corrected chi connectivity index (χ2v) is 9.60. The van der Waals surface area contributed by atoms with E-state index in [1.165, 1.54) is 64.2 Å². The highest BCUT2D eigenvalue weighted by atomic mass is 16.1. The Kier molecular flexibility index (Phi) is 11.7. The maximum absolute atomic E-state index is 12.7. The molecule has 0 radical (unpaired) electrons. The summed E-state index contributed by atoms with van der Waals surface area (Å²) in [7, 11) is 0. The number of Topliss-reactive ketones (excluding diaryl/α,β-unsaturated/α-hetero) is 2. The lowest BCUT2D eigenvalue weighted by Gasteiger charge is -2.18. The average molecular weight is 437 g/mol. The van der Waals surface area contributed by atoms with Gasteiger partial charge in [-0.2, -0.15) is 0 Å². The monoisotopic (exact) mass is 436 g/mol. The van der Waals surface area contributed by atoms with Gasteiger partial charge in [0.15, 0.2) is 11.6 Å². The van der Waals surface area contributed by atoms with E-state index in [1.54, 1.807) is 0 Å². The van der Waals surface area contributed by atoms with E-state index in [1.807, 2.05) is 26.0 Å². The van der Waals surface area contributed by atoms with Gasteiger partial charge in [-0.1, -0.05) is 78.1 Å². The molecule has 176 valence electrons. The van der Waals surface area contributed by atoms with Crippen LogP contribution in [0.4, 0.5) is 0 Å². The van der Waals surface area contributed by atoms with Crippen LogP contribution in [0.3, 0.4) is 0 Å². The highest BCUT2D eigenvalue weighted by Crippen LogP contribution is 2.30. The number of hydrogen-bond acceptors (Lipinski definition) is 2. The molecule has 0 saturated heterocycles. The minimum Gasteiger partial charge on any atom is -0.289 e. The van der Waals surface area contributed by atoms with Gasteiger partial charge >= 0.3 is 0 Å². The van der Waals surface area contributed by atoms with Gasteiger partial charge in [0.05, 0.1) is 0 Å². The molecule has 2 heteroatoms. The molecule has 0 fully saturated rings. The van der Waals surface area contributed by atoms with Crippen LogP contribution in [0, 0.1) is 0 Å². The third-order valence-corrected chi connectivity index (χ3v) is 6.64. The van der Waals surface area contributed by atoms with Crippen molar-refractivity contribution in [2.45, 2.75) is 118 Å². The fraction of sp³-hybridized carbons (Fsp3) is 0.600. The number of hydrogen-bond donors (Lipinski definition) is 0. The van der Waals surface area contributed by atoms with E-state index >= 15 is 0 Å². The van der Waals surface area contributed by atoms with Crippen molar-refractivity contribution in [1.29, 1.82) is 0 Å². The first kappa shape index (κ1) is 26.3. The van der Waals surface area contributed by atoms with Gasteiger partial charge in [0.25, 0.3) is 0 Å². The van der Waals surface area contributed by atoms with E-state index in [2.05, 4.69) is 26.0 Å². The SMILES string of the molecule is CCCCCCCCC1=C/C(=C2\C=C(C)C(=O)C(CCCCCCCC)=C2)C=C(C)C1=O. The van der Waals surface area contributed by atoms with Crippen molar-refractivity contribution in [3.63, 3.8) is 0 Å². The molecule has 2 rings (SSSR count). The summed E-state index contributed by atoms with van der Waals surface area (Å²) < 4.78 is 0. The van der Waals surface area contributed by atoms with Crippen LogP contribution < -0.4 is 0 Å². The number of rotatable bonds is 14. The second-order valence-electron chi connectivity index (χ2n) is 9.60. The molecular formula is C30H44O2. The zero-order valence-electron chi connectivity index (χ0n) is 21.0. The van der Waals surface area contributed by atoms with Crippen LogP contribution in [-0.2, 0) is 9.59 Å². The molecule has 0 spiro atoms. The number of carbonyl (C=O) groups excluding carboxylic acids is 2. The van der Waals surface area contributed by atoms with Crippen LogP contribution in [0.25, 0.3) is 0 Å². The van der Waals surface area contributed by atoms with E-state index in [0.717, 1.165) is 59.1 Å². The van der Waals surface area contributed by atoms with E-state index < -0.39 is 0 Å². The molecule has 0 unspecified atom stereocenters. The molecule has 0 aliphatic heterocycles. The summed E-state index contributed by atoms with van der Waals surface area (Å²) in [4.78, 5) is 25.4. The van der Waals surface area contributed by atoms with Crippen LogP contribution in [-0.4, -0.2) is 11.6 Å². The molecular weight excluding hydrogens is 392 g/mol. The van der Waals surface area contributed by atoms with Gasteiger partial charge in [0, 0.05) is 11.1 Å². The van der Waals surface area contributed by atoms with Crippen LogP contribution in [0.2, 0.25) is 0 Å². The number of unbranched alkanes of at least 4 members (excludes halogenated alkanes) is 10. The molecule has 0 N–H and O–H groups in total. The first-order chi connectivity index (χ1) is 15.5. The molecule has 0 amide bonds. The topological polar surface area (TPSA) is 34.1 Å². The Morgan fingerprint density at radius 2 is 0.844 bits per heavy atom. The molecule has 2 nitrogen and oxygen atoms in total. The largest absolute Gasteiger partial charge is 0.289 e. The van der Waals surface area contributed by atoms with Crippen LogP contribution in [0.1, 0.15) is 118 Å². The smallest absolute Gasteiger partial charge is 0.184 e. The Morgan fingerprint density at radius 1 is 0.500 bits per heavy atom. The van der Waals surface area contributed by atoms with Gasteiger partial charge in [-0.3, -0.25) is 9.59 Å². The lowest BCUT2D eigenvalue weighted by Crippen LogP contribution is -2.12. The van der Waals surface area contributed by atoms with Crippen LogP contribution in [0.5, 0.6) is 0 Å². The fourth-order valence-electron chi connectivity index (χ4n) is 4.59. The third kappa shape index (κ3) is 8.19. The van der Waals surface area contributed by atoms with E-state index in [-0.39, 0.29) is 11.6 Å². The summed E-state index contributed by atoms with van der Waals surface area (Å²) in [6, 6.07) is 0. The van der Waals surface area contributed by atoms with Crippen LogP contribution in [0.15, 0.2) is 57.7 Å². The van der Waals surface area contributed by atoms with Gasteiger partial charge < -0.3 is 0 Å². The van der Waals surface area contributed by atoms with Crippen molar-refractivity contribution in [2.75, 3.05) is 0 Å². The van der Waals surface area contributed by atoms with E-state index in [0.29, 0.717) is 0 Å². The summed E-state index contributed by atoms with van der Waals surface area (Å²) in [6.07, 6.45) is 24.6. The number of ketones is 2. The molecule has 0 atom stereocenters. The summed E-state index contributed by atoms with van der Waals surface area (Å²) in [5, 5.41) is 0. The normalized spacial score (nSPS) is 19.0. The van der Waals surface area contributed by atoms with Crippen molar-refractivity contribution in [3.05, 3.63) is 57.7 Å². The van der Waals surface area contributed by atoms with Gasteiger partial charge in [-0.05, 0) is 86.1 Å². The highest BCUT2D eigenvalue weighted by molar-refractivity contribution is 6.11. The summed E-state index contributed by atoms with van der Waals surface area (Å²) in [6.45, 7) is 8.31. The molecule has 0 aromatic rings. The third-order valence-electron chi connectivity index (χ3n) is 6.64. The van der Waals surface area contributed by atoms with Gasteiger partial charge in [-0.25, -0.2) is 0 Å². The van der Waals surface area contributed by atoms with Crippen molar-refractivity contribution in [3.8, 4) is 0 Å². The Labute approximate surface area is 196 Å². The van der Waals surface area contributed by atoms with Crippen molar-refractivity contribution < 1.29 is 9.59 Å². The quantitative estimate of drug-likeness (QED) is 0.255. The number of carbonyl (C=O) groups is 2. The Hall–Kier alpha value is -1.96. The lowest BCUT2D eigenvalue weighted by molar-refractivity contribution is -0.113. The van der Waals surface area contributed by atoms with E-state index in [4.69, 9.17) is 0 Å². The number of allylic oxidation sites excluding steroid dienone is 10. The molecule has 0 aromatic carbocycles. The lowest BCUT2D eigenvalue weighted by atomic mass is 9.85. The molecule has 32 heavy (non-hydrogen) atoms. The molecule has 2 aliphatic carbocycles. The molecule has 0 heterocycles. The predicted octanol–water partition coefficient (Wildman–Crippen LogP) is 8.70. The summed E-state index contributed by atoms with van der Waals surface area (Å²) >= 11 is 0. The minimum absolute atomic E-state index is 0.187. The van der Waals surface area contributed by atoms with Crippen molar-refractivity contribution in [1.82, 2.24) is 0 Å². The minimum atomic E-state index is 0.187. The van der Waals surface area contributed by atoms with Gasteiger partial charge in [-0.15, -0.1) is 0 Å². The molecule has 0 saturated carbocycles. The van der Waals surface area contributed by atoms with Crippen LogP contribution >= 0.6 is 0 Å². The zero-order chi connectivity index (χ0) is 23.3. The Balaban J connectivity index is 2.09. The van der Waals surface area contributed by atoms with Crippen molar-refractivity contribution in [2.24, 2.45) is 0 Å². The van der Waals surface area contributed by atoms with Crippen molar-refractivity contribution >= 4 is 11.6 Å². The maximum Gasteiger partial charge on any atom is 0.184 e. The summed E-state index contributed by atoms with van der Waals surface area (Å²) in [5.74, 6) is 0.374. The van der Waals surface area contributed by atoms with E-state index in [9.17, 15) is 9.59 Å². The molecule has 0 bridgehead atoms. The second kappa shape index (κ2) is 14.2. The Bertz CT molecular complexity index is 746. The van der Waals surface area contributed by atoms with Gasteiger partial charge in [0.2, 0.25) is 0 Å². The standard InChI is InChI=1S/C30H44O2/c1-5-7-9-11-13-15-17-25-21-27(19-23(3)29(25)31)28-20-24(4)30(32)26(22-28)18-16-14-12-10-8-6-2/h19-22H,5-18H2,1-4H3/b28-27+. The predicted molar refractivity (Wildman–Crippen MR) is 137 cm³/mol. The molecule has 0 aromatic heterocycles. The summed E-state index contributed by atoms with van der Waals surface area (Å²) in [5.41, 5.74) is 5.63. The first-order valence-corrected chi connectivity index (χ1v) is 13.1. The first-order valence-electron chi connectivity index (χ1n) is 13.1. The average Bonchev–Trinajstić information content (AvgIpc) is 2.78. The maximum atomic E-state index is 12.7. The Morgan fingerprint density at radius 3 is 1.22 bits per heavy atom. The fourth-order valence-corrected chi connectivity index (χ4v) is 4.59. The zero-order valence-corrected chi connectivity index (χ0v) is 21.0. The van der Waals surface area contributed by atoms with Gasteiger partial charge in [0.1, 0.15) is 0 Å².